The summed E-state index contributed by atoms with van der Waals surface area (Å²) in [5, 5.41) is 0.420. The lowest BCUT2D eigenvalue weighted by atomic mass is 10.3. The maximum absolute atomic E-state index is 12.6. The van der Waals surface area contributed by atoms with Gasteiger partial charge in [0.1, 0.15) is 5.75 Å². The molecular weight excluding hydrogens is 298 g/mol. The first-order chi connectivity index (χ1) is 9.47. The molecule has 0 saturated carbocycles. The Labute approximate surface area is 126 Å². The number of sulfonamides is 1. The SMILES string of the molecule is CCCN(CCC)S(=O)(=O)c1ccc(Cl)c(OCC)c1. The average molecular weight is 320 g/mol. The van der Waals surface area contributed by atoms with E-state index in [-0.39, 0.29) is 4.90 Å². The molecular formula is C14H22ClNO3S. The molecule has 6 heteroatoms. The molecule has 0 aliphatic carbocycles. The van der Waals surface area contributed by atoms with E-state index in [2.05, 4.69) is 0 Å². The van der Waals surface area contributed by atoms with Crippen molar-refractivity contribution in [3.63, 3.8) is 0 Å². The quantitative estimate of drug-likeness (QED) is 0.736. The largest absolute Gasteiger partial charge is 0.492 e. The van der Waals surface area contributed by atoms with Crippen molar-refractivity contribution in [1.29, 1.82) is 0 Å². The van der Waals surface area contributed by atoms with Crippen LogP contribution in [-0.4, -0.2) is 32.4 Å². The van der Waals surface area contributed by atoms with Crippen molar-refractivity contribution in [2.75, 3.05) is 19.7 Å². The van der Waals surface area contributed by atoms with Crippen LogP contribution in [0.25, 0.3) is 0 Å². The Bertz CT molecular complexity index is 525. The van der Waals surface area contributed by atoms with Gasteiger partial charge in [-0.25, -0.2) is 8.42 Å². The summed E-state index contributed by atoms with van der Waals surface area (Å²) in [5.74, 6) is 0.406. The molecule has 0 unspecified atom stereocenters. The third kappa shape index (κ3) is 4.11. The van der Waals surface area contributed by atoms with Crippen LogP contribution in [0.15, 0.2) is 23.1 Å². The molecule has 0 aromatic heterocycles. The lowest BCUT2D eigenvalue weighted by Crippen LogP contribution is -2.32. The zero-order valence-corrected chi connectivity index (χ0v) is 13.8. The Kier molecular flexibility index (Phi) is 6.79. The lowest BCUT2D eigenvalue weighted by Gasteiger charge is -2.21. The fraction of sp³-hybridized carbons (Fsp3) is 0.571. The molecule has 0 radical (unpaired) electrons. The van der Waals surface area contributed by atoms with E-state index in [9.17, 15) is 8.42 Å². The number of rotatable bonds is 8. The highest BCUT2D eigenvalue weighted by molar-refractivity contribution is 7.89. The summed E-state index contributed by atoms with van der Waals surface area (Å²) < 4.78 is 32.1. The van der Waals surface area contributed by atoms with Gasteiger partial charge in [-0.15, -0.1) is 0 Å². The van der Waals surface area contributed by atoms with Gasteiger partial charge < -0.3 is 4.74 Å². The van der Waals surface area contributed by atoms with Gasteiger partial charge in [0, 0.05) is 19.2 Å². The molecule has 1 aromatic rings. The van der Waals surface area contributed by atoms with Crippen LogP contribution < -0.4 is 4.74 Å². The van der Waals surface area contributed by atoms with E-state index in [4.69, 9.17) is 16.3 Å². The summed E-state index contributed by atoms with van der Waals surface area (Å²) in [7, 11) is -3.49. The van der Waals surface area contributed by atoms with Crippen LogP contribution in [0.3, 0.4) is 0 Å². The minimum Gasteiger partial charge on any atom is -0.492 e. The number of hydrogen-bond donors (Lipinski definition) is 0. The number of nitrogens with zero attached hydrogens (tertiary/aromatic N) is 1. The molecule has 1 rings (SSSR count). The number of hydrogen-bond acceptors (Lipinski definition) is 3. The minimum absolute atomic E-state index is 0.229. The summed E-state index contributed by atoms with van der Waals surface area (Å²) in [6.07, 6.45) is 1.57. The molecule has 0 bridgehead atoms. The highest BCUT2D eigenvalue weighted by Crippen LogP contribution is 2.29. The van der Waals surface area contributed by atoms with Gasteiger partial charge in [-0.1, -0.05) is 25.4 Å². The van der Waals surface area contributed by atoms with E-state index in [0.29, 0.717) is 30.5 Å². The Balaban J connectivity index is 3.16. The molecule has 0 atom stereocenters. The second kappa shape index (κ2) is 7.86. The van der Waals surface area contributed by atoms with E-state index in [1.165, 1.54) is 16.4 Å². The molecule has 0 aliphatic heterocycles. The Morgan fingerprint density at radius 1 is 1.15 bits per heavy atom. The lowest BCUT2D eigenvalue weighted by molar-refractivity contribution is 0.339. The fourth-order valence-electron chi connectivity index (χ4n) is 1.91. The molecule has 1 aromatic carbocycles. The molecule has 20 heavy (non-hydrogen) atoms. The van der Waals surface area contributed by atoms with Crippen LogP contribution in [0.1, 0.15) is 33.6 Å². The summed E-state index contributed by atoms with van der Waals surface area (Å²) in [6, 6.07) is 4.59. The standard InChI is InChI=1S/C14H22ClNO3S/c1-4-9-16(10-5-2)20(17,18)12-7-8-13(15)14(11-12)19-6-3/h7-8,11H,4-6,9-10H2,1-3H3. The van der Waals surface area contributed by atoms with Gasteiger partial charge in [0.05, 0.1) is 16.5 Å². The van der Waals surface area contributed by atoms with Gasteiger partial charge >= 0.3 is 0 Å². The highest BCUT2D eigenvalue weighted by Gasteiger charge is 2.24. The van der Waals surface area contributed by atoms with Crippen molar-refractivity contribution in [2.24, 2.45) is 0 Å². The van der Waals surface area contributed by atoms with Crippen molar-refractivity contribution in [1.82, 2.24) is 4.31 Å². The van der Waals surface area contributed by atoms with Gasteiger partial charge in [0.25, 0.3) is 0 Å². The first-order valence-electron chi connectivity index (χ1n) is 6.89. The normalized spacial score (nSPS) is 11.8. The van der Waals surface area contributed by atoms with Gasteiger partial charge in [-0.3, -0.25) is 0 Å². The monoisotopic (exact) mass is 319 g/mol. The Hall–Kier alpha value is -0.780. The topological polar surface area (TPSA) is 46.6 Å². The second-order valence-corrected chi connectivity index (χ2v) is 6.77. The van der Waals surface area contributed by atoms with Crippen molar-refractivity contribution < 1.29 is 13.2 Å². The fourth-order valence-corrected chi connectivity index (χ4v) is 3.72. The van der Waals surface area contributed by atoms with Gasteiger partial charge in [-0.2, -0.15) is 4.31 Å². The van der Waals surface area contributed by atoms with Crippen LogP contribution in [0, 0.1) is 0 Å². The molecule has 0 heterocycles. The van der Waals surface area contributed by atoms with Crippen LogP contribution >= 0.6 is 11.6 Å². The smallest absolute Gasteiger partial charge is 0.243 e. The average Bonchev–Trinajstić information content (AvgIpc) is 2.41. The van der Waals surface area contributed by atoms with Crippen LogP contribution in [0.5, 0.6) is 5.75 Å². The Morgan fingerprint density at radius 2 is 1.75 bits per heavy atom. The van der Waals surface area contributed by atoms with Crippen molar-refractivity contribution in [2.45, 2.75) is 38.5 Å². The van der Waals surface area contributed by atoms with E-state index < -0.39 is 10.0 Å². The third-order valence-corrected chi connectivity index (χ3v) is 4.99. The first kappa shape index (κ1) is 17.3. The molecule has 0 fully saturated rings. The molecule has 0 amide bonds. The molecule has 0 aliphatic rings. The summed E-state index contributed by atoms with van der Waals surface area (Å²) in [6.45, 7) is 7.23. The van der Waals surface area contributed by atoms with Crippen LogP contribution in [-0.2, 0) is 10.0 Å². The maximum Gasteiger partial charge on any atom is 0.243 e. The van der Waals surface area contributed by atoms with E-state index >= 15 is 0 Å². The zero-order valence-electron chi connectivity index (χ0n) is 12.2. The predicted octanol–water partition coefficient (Wildman–Crippen LogP) is 3.55. The highest BCUT2D eigenvalue weighted by atomic mass is 35.5. The van der Waals surface area contributed by atoms with Crippen molar-refractivity contribution in [3.8, 4) is 5.75 Å². The molecule has 0 spiro atoms. The minimum atomic E-state index is -3.49. The predicted molar refractivity (Wildman–Crippen MR) is 82.0 cm³/mol. The third-order valence-electron chi connectivity index (χ3n) is 2.79. The molecule has 0 saturated heterocycles. The zero-order chi connectivity index (χ0) is 15.2. The number of benzene rings is 1. The van der Waals surface area contributed by atoms with Gasteiger partial charge in [0.15, 0.2) is 0 Å². The first-order valence-corrected chi connectivity index (χ1v) is 8.71. The van der Waals surface area contributed by atoms with E-state index in [1.807, 2.05) is 20.8 Å². The molecule has 0 N–H and O–H groups in total. The maximum atomic E-state index is 12.6. The summed E-state index contributed by atoms with van der Waals surface area (Å²) in [5.41, 5.74) is 0. The van der Waals surface area contributed by atoms with E-state index in [1.54, 1.807) is 6.07 Å². The molecule has 4 nitrogen and oxygen atoms in total. The van der Waals surface area contributed by atoms with E-state index in [0.717, 1.165) is 12.8 Å². The summed E-state index contributed by atoms with van der Waals surface area (Å²) in [4.78, 5) is 0.229. The van der Waals surface area contributed by atoms with Crippen molar-refractivity contribution in [3.05, 3.63) is 23.2 Å². The van der Waals surface area contributed by atoms with Crippen molar-refractivity contribution >= 4 is 21.6 Å². The number of ether oxygens (including phenoxy) is 1. The summed E-state index contributed by atoms with van der Waals surface area (Å²) >= 11 is 5.99. The molecule has 114 valence electrons. The van der Waals surface area contributed by atoms with Gasteiger partial charge in [-0.05, 0) is 31.9 Å². The van der Waals surface area contributed by atoms with Crippen LogP contribution in [0.2, 0.25) is 5.02 Å². The van der Waals surface area contributed by atoms with Gasteiger partial charge in [0.2, 0.25) is 10.0 Å². The Morgan fingerprint density at radius 3 is 2.25 bits per heavy atom. The van der Waals surface area contributed by atoms with Crippen LogP contribution in [0.4, 0.5) is 0 Å². The second-order valence-electron chi connectivity index (χ2n) is 4.43. The number of halogens is 1.